The third kappa shape index (κ3) is 4.49. The lowest BCUT2D eigenvalue weighted by Gasteiger charge is -2.23. The number of hydrogen-bond donors (Lipinski definition) is 1. The van der Waals surface area contributed by atoms with Crippen molar-refractivity contribution in [3.05, 3.63) is 58.1 Å². The standard InChI is InChI=1S/C18H18Cl2N2O2/c1-3-13-7-9-14(10-8-13)21-17(24)11-22(12(2)23)18-15(19)5-4-6-16(18)20/h4-10H,3,11H2,1-2H3,(H,21,24). The number of benzene rings is 2. The predicted molar refractivity (Wildman–Crippen MR) is 98.9 cm³/mol. The molecule has 2 aromatic rings. The molecule has 0 heterocycles. The van der Waals surface area contributed by atoms with Gasteiger partial charge in [0.05, 0.1) is 15.7 Å². The van der Waals surface area contributed by atoms with Crippen molar-refractivity contribution in [2.45, 2.75) is 20.3 Å². The molecule has 126 valence electrons. The smallest absolute Gasteiger partial charge is 0.244 e. The van der Waals surface area contributed by atoms with Crippen molar-refractivity contribution < 1.29 is 9.59 Å². The summed E-state index contributed by atoms with van der Waals surface area (Å²) in [5.41, 5.74) is 2.19. The van der Waals surface area contributed by atoms with Crippen LogP contribution in [0.1, 0.15) is 19.4 Å². The molecule has 0 aromatic heterocycles. The highest BCUT2D eigenvalue weighted by molar-refractivity contribution is 6.40. The molecule has 4 nitrogen and oxygen atoms in total. The van der Waals surface area contributed by atoms with Crippen LogP contribution in [0.5, 0.6) is 0 Å². The van der Waals surface area contributed by atoms with Gasteiger partial charge in [-0.3, -0.25) is 9.59 Å². The van der Waals surface area contributed by atoms with E-state index in [9.17, 15) is 9.59 Å². The van der Waals surface area contributed by atoms with E-state index in [0.717, 1.165) is 6.42 Å². The fourth-order valence-corrected chi connectivity index (χ4v) is 2.86. The van der Waals surface area contributed by atoms with Gasteiger partial charge in [0.1, 0.15) is 6.54 Å². The van der Waals surface area contributed by atoms with E-state index in [1.165, 1.54) is 17.4 Å². The van der Waals surface area contributed by atoms with Crippen LogP contribution < -0.4 is 10.2 Å². The summed E-state index contributed by atoms with van der Waals surface area (Å²) in [5.74, 6) is -0.646. The molecule has 1 N–H and O–H groups in total. The predicted octanol–water partition coefficient (Wildman–Crippen LogP) is 4.55. The van der Waals surface area contributed by atoms with Gasteiger partial charge in [0.15, 0.2) is 0 Å². The van der Waals surface area contributed by atoms with Crippen molar-refractivity contribution in [2.24, 2.45) is 0 Å². The Bertz CT molecular complexity index is 725. The van der Waals surface area contributed by atoms with Crippen molar-refractivity contribution in [3.8, 4) is 0 Å². The molecule has 0 unspecified atom stereocenters. The lowest BCUT2D eigenvalue weighted by atomic mass is 10.1. The number of nitrogens with one attached hydrogen (secondary N) is 1. The summed E-state index contributed by atoms with van der Waals surface area (Å²) >= 11 is 12.3. The summed E-state index contributed by atoms with van der Waals surface area (Å²) in [6, 6.07) is 12.5. The maximum Gasteiger partial charge on any atom is 0.244 e. The molecule has 0 aliphatic carbocycles. The van der Waals surface area contributed by atoms with E-state index in [-0.39, 0.29) is 18.4 Å². The largest absolute Gasteiger partial charge is 0.325 e. The van der Waals surface area contributed by atoms with Gasteiger partial charge in [-0.05, 0) is 36.2 Å². The quantitative estimate of drug-likeness (QED) is 0.845. The number of amides is 2. The van der Waals surface area contributed by atoms with E-state index in [4.69, 9.17) is 23.2 Å². The van der Waals surface area contributed by atoms with Gasteiger partial charge in [-0.25, -0.2) is 0 Å². The molecular weight excluding hydrogens is 347 g/mol. The van der Waals surface area contributed by atoms with Crippen molar-refractivity contribution in [3.63, 3.8) is 0 Å². The Morgan fingerprint density at radius 3 is 2.12 bits per heavy atom. The molecule has 0 spiro atoms. The minimum Gasteiger partial charge on any atom is -0.325 e. The zero-order valence-electron chi connectivity index (χ0n) is 13.5. The lowest BCUT2D eigenvalue weighted by molar-refractivity contribution is -0.120. The lowest BCUT2D eigenvalue weighted by Crippen LogP contribution is -2.37. The molecule has 0 aliphatic rings. The zero-order valence-corrected chi connectivity index (χ0v) is 15.0. The fourth-order valence-electron chi connectivity index (χ4n) is 2.26. The highest BCUT2D eigenvalue weighted by atomic mass is 35.5. The number of para-hydroxylation sites is 1. The second-order valence-corrected chi connectivity index (χ2v) is 6.09. The van der Waals surface area contributed by atoms with E-state index in [1.54, 1.807) is 18.2 Å². The summed E-state index contributed by atoms with van der Waals surface area (Å²) in [5, 5.41) is 3.40. The molecule has 2 amide bonds. The number of hydrogen-bond acceptors (Lipinski definition) is 2. The molecule has 0 saturated carbocycles. The highest BCUT2D eigenvalue weighted by Crippen LogP contribution is 2.33. The van der Waals surface area contributed by atoms with Gasteiger partial charge < -0.3 is 10.2 Å². The van der Waals surface area contributed by atoms with E-state index in [2.05, 4.69) is 12.2 Å². The van der Waals surface area contributed by atoms with Crippen LogP contribution in [0.15, 0.2) is 42.5 Å². The summed E-state index contributed by atoms with van der Waals surface area (Å²) in [6.45, 7) is 3.25. The molecule has 0 fully saturated rings. The van der Waals surface area contributed by atoms with Gasteiger partial charge in [-0.1, -0.05) is 48.3 Å². The first-order valence-electron chi connectivity index (χ1n) is 7.53. The van der Waals surface area contributed by atoms with Gasteiger partial charge in [-0.15, -0.1) is 0 Å². The third-order valence-corrected chi connectivity index (χ3v) is 4.15. The molecular formula is C18H18Cl2N2O2. The average Bonchev–Trinajstić information content (AvgIpc) is 2.54. The van der Waals surface area contributed by atoms with E-state index in [1.807, 2.05) is 24.3 Å². The Morgan fingerprint density at radius 1 is 1.04 bits per heavy atom. The number of rotatable bonds is 5. The molecule has 0 saturated heterocycles. The number of anilines is 2. The summed E-state index contributed by atoms with van der Waals surface area (Å²) < 4.78 is 0. The van der Waals surface area contributed by atoms with E-state index < -0.39 is 0 Å². The van der Waals surface area contributed by atoms with Gasteiger partial charge in [-0.2, -0.15) is 0 Å². The van der Waals surface area contributed by atoms with Crippen LogP contribution >= 0.6 is 23.2 Å². The van der Waals surface area contributed by atoms with Crippen LogP contribution in [-0.2, 0) is 16.0 Å². The first-order chi connectivity index (χ1) is 11.4. The topological polar surface area (TPSA) is 49.4 Å². The molecule has 2 rings (SSSR count). The molecule has 6 heteroatoms. The number of halogens is 2. The van der Waals surface area contributed by atoms with Crippen LogP contribution in [0.4, 0.5) is 11.4 Å². The summed E-state index contributed by atoms with van der Waals surface area (Å²) in [7, 11) is 0. The number of carbonyl (C=O) groups is 2. The fraction of sp³-hybridized carbons (Fsp3) is 0.222. The highest BCUT2D eigenvalue weighted by Gasteiger charge is 2.21. The van der Waals surface area contributed by atoms with Crippen molar-refractivity contribution in [1.29, 1.82) is 0 Å². The minimum atomic E-state index is -0.328. The monoisotopic (exact) mass is 364 g/mol. The molecule has 0 aliphatic heterocycles. The van der Waals surface area contributed by atoms with Gasteiger partial charge >= 0.3 is 0 Å². The van der Waals surface area contributed by atoms with Gasteiger partial charge in [0.25, 0.3) is 0 Å². The minimum absolute atomic E-state index is 0.172. The van der Waals surface area contributed by atoms with Crippen molar-refractivity contribution >= 4 is 46.4 Å². The average molecular weight is 365 g/mol. The molecule has 24 heavy (non-hydrogen) atoms. The van der Waals surface area contributed by atoms with Crippen LogP contribution in [0, 0.1) is 0 Å². The van der Waals surface area contributed by atoms with E-state index in [0.29, 0.717) is 21.4 Å². The van der Waals surface area contributed by atoms with Crippen LogP contribution in [0.2, 0.25) is 10.0 Å². The third-order valence-electron chi connectivity index (χ3n) is 3.54. The van der Waals surface area contributed by atoms with Gasteiger partial charge in [0.2, 0.25) is 11.8 Å². The van der Waals surface area contributed by atoms with Crippen molar-refractivity contribution in [1.82, 2.24) is 0 Å². The number of aryl methyl sites for hydroxylation is 1. The number of nitrogens with zero attached hydrogens (tertiary/aromatic N) is 1. The Balaban J connectivity index is 2.15. The molecule has 0 atom stereocenters. The first kappa shape index (κ1) is 18.3. The van der Waals surface area contributed by atoms with Crippen molar-refractivity contribution in [2.75, 3.05) is 16.8 Å². The zero-order chi connectivity index (χ0) is 17.7. The summed E-state index contributed by atoms with van der Waals surface area (Å²) in [4.78, 5) is 25.5. The summed E-state index contributed by atoms with van der Waals surface area (Å²) in [6.07, 6.45) is 0.928. The molecule has 0 bridgehead atoms. The second kappa shape index (κ2) is 8.18. The maximum atomic E-state index is 12.3. The maximum absolute atomic E-state index is 12.3. The Labute approximate surface area is 151 Å². The molecule has 2 aromatic carbocycles. The van der Waals surface area contributed by atoms with E-state index >= 15 is 0 Å². The Hall–Kier alpha value is -2.04. The Morgan fingerprint density at radius 2 is 1.62 bits per heavy atom. The first-order valence-corrected chi connectivity index (χ1v) is 8.29. The second-order valence-electron chi connectivity index (χ2n) is 5.27. The normalized spacial score (nSPS) is 10.3. The van der Waals surface area contributed by atoms with Crippen LogP contribution in [-0.4, -0.2) is 18.4 Å². The number of carbonyl (C=O) groups excluding carboxylic acids is 2. The Kier molecular flexibility index (Phi) is 6.23. The van der Waals surface area contributed by atoms with Crippen LogP contribution in [0.3, 0.4) is 0 Å². The SMILES string of the molecule is CCc1ccc(NC(=O)CN(C(C)=O)c2c(Cl)cccc2Cl)cc1. The van der Waals surface area contributed by atoms with Crippen LogP contribution in [0.25, 0.3) is 0 Å². The molecule has 0 radical (unpaired) electrons. The van der Waals surface area contributed by atoms with Gasteiger partial charge in [0, 0.05) is 12.6 Å².